The predicted octanol–water partition coefficient (Wildman–Crippen LogP) is 4.38. The maximum absolute atomic E-state index is 6.33. The Hall–Kier alpha value is -0.840. The SMILES string of the molecule is CNC(Cc1ccccc1Br)c1c(Cl)cnn1C(C)C. The fourth-order valence-electron chi connectivity index (χ4n) is 2.31. The first kappa shape index (κ1) is 15.5. The van der Waals surface area contributed by atoms with E-state index in [-0.39, 0.29) is 12.1 Å². The summed E-state index contributed by atoms with van der Waals surface area (Å²) in [6.45, 7) is 4.22. The fourth-order valence-corrected chi connectivity index (χ4v) is 3.02. The maximum atomic E-state index is 6.33. The van der Waals surface area contributed by atoms with Gasteiger partial charge >= 0.3 is 0 Å². The van der Waals surface area contributed by atoms with Gasteiger partial charge in [-0.25, -0.2) is 0 Å². The van der Waals surface area contributed by atoms with E-state index in [1.54, 1.807) is 6.20 Å². The smallest absolute Gasteiger partial charge is 0.0834 e. The van der Waals surface area contributed by atoms with E-state index in [9.17, 15) is 0 Å². The Kier molecular flexibility index (Phi) is 5.24. The molecule has 0 amide bonds. The molecule has 0 aliphatic carbocycles. The highest BCUT2D eigenvalue weighted by molar-refractivity contribution is 9.10. The first-order valence-electron chi connectivity index (χ1n) is 6.68. The summed E-state index contributed by atoms with van der Waals surface area (Å²) in [5.41, 5.74) is 2.29. The molecule has 0 bridgehead atoms. The number of nitrogens with zero attached hydrogens (tertiary/aromatic N) is 2. The summed E-state index contributed by atoms with van der Waals surface area (Å²) in [6.07, 6.45) is 2.58. The highest BCUT2D eigenvalue weighted by Gasteiger charge is 2.21. The van der Waals surface area contributed by atoms with Crippen LogP contribution in [0.5, 0.6) is 0 Å². The summed E-state index contributed by atoms with van der Waals surface area (Å²) in [5, 5.41) is 8.44. The van der Waals surface area contributed by atoms with Crippen molar-refractivity contribution in [1.29, 1.82) is 0 Å². The summed E-state index contributed by atoms with van der Waals surface area (Å²) < 4.78 is 3.10. The number of benzene rings is 1. The van der Waals surface area contributed by atoms with Gasteiger partial charge in [-0.2, -0.15) is 5.10 Å². The minimum Gasteiger partial charge on any atom is -0.311 e. The molecule has 1 aromatic heterocycles. The molecule has 0 saturated carbocycles. The molecule has 5 heteroatoms. The van der Waals surface area contributed by atoms with Gasteiger partial charge in [0.15, 0.2) is 0 Å². The number of nitrogens with one attached hydrogen (secondary N) is 1. The molecular formula is C15H19BrClN3. The molecule has 108 valence electrons. The zero-order valence-electron chi connectivity index (χ0n) is 11.9. The summed E-state index contributed by atoms with van der Waals surface area (Å²) in [4.78, 5) is 0. The van der Waals surface area contributed by atoms with E-state index in [4.69, 9.17) is 11.6 Å². The van der Waals surface area contributed by atoms with Crippen molar-refractivity contribution in [3.8, 4) is 0 Å². The number of hydrogen-bond donors (Lipinski definition) is 1. The third-order valence-corrected chi connectivity index (χ3v) is 4.40. The molecule has 1 heterocycles. The van der Waals surface area contributed by atoms with Crippen molar-refractivity contribution >= 4 is 27.5 Å². The molecule has 1 atom stereocenters. The van der Waals surface area contributed by atoms with Gasteiger partial charge in [0.1, 0.15) is 0 Å². The Labute approximate surface area is 133 Å². The molecule has 2 aromatic rings. The van der Waals surface area contributed by atoms with Gasteiger partial charge in [-0.05, 0) is 38.9 Å². The third kappa shape index (κ3) is 3.25. The van der Waals surface area contributed by atoms with Gasteiger partial charge in [0.2, 0.25) is 0 Å². The van der Waals surface area contributed by atoms with Gasteiger partial charge < -0.3 is 5.32 Å². The van der Waals surface area contributed by atoms with Crippen LogP contribution in [-0.2, 0) is 6.42 Å². The van der Waals surface area contributed by atoms with E-state index in [0.29, 0.717) is 5.02 Å². The van der Waals surface area contributed by atoms with E-state index < -0.39 is 0 Å². The third-order valence-electron chi connectivity index (χ3n) is 3.34. The summed E-state index contributed by atoms with van der Waals surface area (Å²) in [7, 11) is 1.95. The van der Waals surface area contributed by atoms with Crippen LogP contribution in [-0.4, -0.2) is 16.8 Å². The van der Waals surface area contributed by atoms with E-state index in [2.05, 4.69) is 52.3 Å². The first-order valence-corrected chi connectivity index (χ1v) is 7.85. The van der Waals surface area contributed by atoms with Crippen LogP contribution in [0, 0.1) is 0 Å². The maximum Gasteiger partial charge on any atom is 0.0834 e. The van der Waals surface area contributed by atoms with Crippen LogP contribution in [0.15, 0.2) is 34.9 Å². The van der Waals surface area contributed by atoms with Crippen molar-refractivity contribution in [1.82, 2.24) is 15.1 Å². The van der Waals surface area contributed by atoms with Crippen LogP contribution in [0.3, 0.4) is 0 Å². The zero-order chi connectivity index (χ0) is 14.7. The van der Waals surface area contributed by atoms with Crippen molar-refractivity contribution in [2.75, 3.05) is 7.05 Å². The Morgan fingerprint density at radius 1 is 1.35 bits per heavy atom. The van der Waals surface area contributed by atoms with E-state index in [1.165, 1.54) is 5.56 Å². The van der Waals surface area contributed by atoms with Gasteiger partial charge in [0.25, 0.3) is 0 Å². The normalized spacial score (nSPS) is 12.9. The molecule has 0 aliphatic heterocycles. The second kappa shape index (κ2) is 6.74. The largest absolute Gasteiger partial charge is 0.311 e. The van der Waals surface area contributed by atoms with Gasteiger partial charge in [-0.3, -0.25) is 4.68 Å². The number of likely N-dealkylation sites (N-methyl/N-ethyl adjacent to an activating group) is 1. The van der Waals surface area contributed by atoms with Gasteiger partial charge in [0, 0.05) is 10.5 Å². The van der Waals surface area contributed by atoms with E-state index in [0.717, 1.165) is 16.6 Å². The number of hydrogen-bond acceptors (Lipinski definition) is 2. The Bertz CT molecular complexity index is 580. The topological polar surface area (TPSA) is 29.9 Å². The lowest BCUT2D eigenvalue weighted by Crippen LogP contribution is -2.23. The minimum absolute atomic E-state index is 0.131. The van der Waals surface area contributed by atoms with Gasteiger partial charge in [-0.1, -0.05) is 45.7 Å². The summed E-state index contributed by atoms with van der Waals surface area (Å²) in [6, 6.07) is 8.67. The van der Waals surface area contributed by atoms with Crippen LogP contribution in [0.4, 0.5) is 0 Å². The average molecular weight is 357 g/mol. The fraction of sp³-hybridized carbons (Fsp3) is 0.400. The van der Waals surface area contributed by atoms with Gasteiger partial charge in [-0.15, -0.1) is 0 Å². The van der Waals surface area contributed by atoms with Crippen LogP contribution < -0.4 is 5.32 Å². The lowest BCUT2D eigenvalue weighted by atomic mass is 10.0. The molecule has 0 radical (unpaired) electrons. The number of aromatic nitrogens is 2. The summed E-state index contributed by atoms with van der Waals surface area (Å²) >= 11 is 9.93. The highest BCUT2D eigenvalue weighted by Crippen LogP contribution is 2.29. The molecule has 1 unspecified atom stereocenters. The highest BCUT2D eigenvalue weighted by atomic mass is 79.9. The predicted molar refractivity (Wildman–Crippen MR) is 87.3 cm³/mol. The molecule has 3 nitrogen and oxygen atoms in total. The lowest BCUT2D eigenvalue weighted by molar-refractivity contribution is 0.459. The summed E-state index contributed by atoms with van der Waals surface area (Å²) in [5.74, 6) is 0. The molecule has 0 fully saturated rings. The van der Waals surface area contributed by atoms with Crippen LogP contribution in [0.1, 0.15) is 37.2 Å². The Balaban J connectivity index is 2.34. The second-order valence-electron chi connectivity index (χ2n) is 5.05. The van der Waals surface area contributed by atoms with Crippen LogP contribution >= 0.6 is 27.5 Å². The average Bonchev–Trinajstić information content (AvgIpc) is 2.80. The van der Waals surface area contributed by atoms with Gasteiger partial charge in [0.05, 0.1) is 23.0 Å². The zero-order valence-corrected chi connectivity index (χ0v) is 14.2. The van der Waals surface area contributed by atoms with Crippen molar-refractivity contribution < 1.29 is 0 Å². The van der Waals surface area contributed by atoms with E-state index in [1.807, 2.05) is 23.9 Å². The Morgan fingerprint density at radius 2 is 2.05 bits per heavy atom. The van der Waals surface area contributed by atoms with Crippen molar-refractivity contribution in [3.63, 3.8) is 0 Å². The lowest BCUT2D eigenvalue weighted by Gasteiger charge is -2.21. The van der Waals surface area contributed by atoms with Crippen molar-refractivity contribution in [3.05, 3.63) is 51.2 Å². The van der Waals surface area contributed by atoms with Crippen molar-refractivity contribution in [2.45, 2.75) is 32.4 Å². The molecular weight excluding hydrogens is 338 g/mol. The molecule has 0 spiro atoms. The monoisotopic (exact) mass is 355 g/mol. The molecule has 0 aliphatic rings. The van der Waals surface area contributed by atoms with Crippen molar-refractivity contribution in [2.24, 2.45) is 0 Å². The van der Waals surface area contributed by atoms with Crippen LogP contribution in [0.2, 0.25) is 5.02 Å². The first-order chi connectivity index (χ1) is 9.54. The Morgan fingerprint density at radius 3 is 2.65 bits per heavy atom. The number of rotatable bonds is 5. The quantitative estimate of drug-likeness (QED) is 0.861. The standard InChI is InChI=1S/C15H19BrClN3/c1-10(2)20-15(13(17)9-19-20)14(18-3)8-11-6-4-5-7-12(11)16/h4-7,9-10,14,18H,8H2,1-3H3. The van der Waals surface area contributed by atoms with E-state index >= 15 is 0 Å². The number of halogens is 2. The molecule has 1 N–H and O–H groups in total. The van der Waals surface area contributed by atoms with Crippen LogP contribution in [0.25, 0.3) is 0 Å². The molecule has 2 rings (SSSR count). The second-order valence-corrected chi connectivity index (χ2v) is 6.31. The molecule has 0 saturated heterocycles. The molecule has 20 heavy (non-hydrogen) atoms. The molecule has 1 aromatic carbocycles. The minimum atomic E-state index is 0.131.